The molecule has 0 saturated carbocycles. The van der Waals surface area contributed by atoms with Crippen LogP contribution >= 0.6 is 15.9 Å². The fourth-order valence-electron chi connectivity index (χ4n) is 0.942. The molecule has 1 aromatic carbocycles. The molecule has 1 rings (SSSR count). The van der Waals surface area contributed by atoms with Crippen LogP contribution in [0.2, 0.25) is 0 Å². The first-order chi connectivity index (χ1) is 5.66. The zero-order chi connectivity index (χ0) is 9.14. The van der Waals surface area contributed by atoms with Gasteiger partial charge in [-0.05, 0) is 12.1 Å². The van der Waals surface area contributed by atoms with Crippen molar-refractivity contribution in [2.75, 3.05) is 6.67 Å². The monoisotopic (exact) mass is 235 g/mol. The lowest BCUT2D eigenvalue weighted by molar-refractivity contribution is 0.426. The first-order valence-electron chi connectivity index (χ1n) is 3.42. The Morgan fingerprint density at radius 3 is 2.67 bits per heavy atom. The number of rotatable bonds is 2. The van der Waals surface area contributed by atoms with Gasteiger partial charge in [0.1, 0.15) is 12.5 Å². The van der Waals surface area contributed by atoms with E-state index in [2.05, 4.69) is 15.9 Å². The predicted molar refractivity (Wildman–Crippen MR) is 47.0 cm³/mol. The van der Waals surface area contributed by atoms with Crippen molar-refractivity contribution in [1.82, 2.24) is 0 Å². The molecule has 12 heavy (non-hydrogen) atoms. The molecule has 1 atom stereocenters. The van der Waals surface area contributed by atoms with Gasteiger partial charge < -0.3 is 5.73 Å². The Morgan fingerprint density at radius 2 is 2.17 bits per heavy atom. The number of benzene rings is 1. The molecular weight excluding hydrogens is 228 g/mol. The highest BCUT2D eigenvalue weighted by Gasteiger charge is 2.13. The van der Waals surface area contributed by atoms with Crippen LogP contribution in [0.3, 0.4) is 0 Å². The minimum absolute atomic E-state index is 0.194. The van der Waals surface area contributed by atoms with Crippen LogP contribution in [-0.4, -0.2) is 6.67 Å². The Bertz CT molecular complexity index is 258. The van der Waals surface area contributed by atoms with Crippen LogP contribution in [0.25, 0.3) is 0 Å². The molecule has 0 aliphatic carbocycles. The van der Waals surface area contributed by atoms with E-state index in [4.69, 9.17) is 5.73 Å². The maximum Gasteiger partial charge on any atom is 0.129 e. The summed E-state index contributed by atoms with van der Waals surface area (Å²) in [5.74, 6) is -0.477. The molecule has 0 amide bonds. The highest BCUT2D eigenvalue weighted by atomic mass is 79.9. The van der Waals surface area contributed by atoms with Crippen LogP contribution in [-0.2, 0) is 0 Å². The Labute approximate surface area is 77.7 Å². The molecule has 2 N–H and O–H groups in total. The third-order valence-corrected chi connectivity index (χ3v) is 2.23. The minimum Gasteiger partial charge on any atom is -0.322 e. The van der Waals surface area contributed by atoms with E-state index >= 15 is 0 Å². The third kappa shape index (κ3) is 1.81. The van der Waals surface area contributed by atoms with Gasteiger partial charge in [0.2, 0.25) is 0 Å². The summed E-state index contributed by atoms with van der Waals surface area (Å²) in [6.07, 6.45) is 0. The second-order valence-corrected chi connectivity index (χ2v) is 3.25. The number of halogens is 3. The smallest absolute Gasteiger partial charge is 0.129 e. The van der Waals surface area contributed by atoms with Gasteiger partial charge in [0.15, 0.2) is 0 Å². The first-order valence-corrected chi connectivity index (χ1v) is 4.21. The lowest BCUT2D eigenvalue weighted by Crippen LogP contribution is -2.14. The molecule has 0 aromatic heterocycles. The quantitative estimate of drug-likeness (QED) is 0.838. The Hall–Kier alpha value is -0.480. The lowest BCUT2D eigenvalue weighted by Gasteiger charge is -2.10. The maximum atomic E-state index is 13.0. The van der Waals surface area contributed by atoms with Gasteiger partial charge in [-0.25, -0.2) is 8.78 Å². The van der Waals surface area contributed by atoms with E-state index in [9.17, 15) is 8.78 Å². The van der Waals surface area contributed by atoms with Crippen molar-refractivity contribution >= 4 is 15.9 Å². The van der Waals surface area contributed by atoms with Crippen LogP contribution in [0.5, 0.6) is 0 Å². The van der Waals surface area contributed by atoms with Crippen LogP contribution in [0, 0.1) is 5.82 Å². The highest BCUT2D eigenvalue weighted by molar-refractivity contribution is 9.10. The fraction of sp³-hybridized carbons (Fsp3) is 0.250. The van der Waals surface area contributed by atoms with E-state index in [1.807, 2.05) is 0 Å². The molecule has 0 heterocycles. The third-order valence-electron chi connectivity index (χ3n) is 1.54. The van der Waals surface area contributed by atoms with Gasteiger partial charge in [0.05, 0.1) is 6.04 Å². The molecular formula is C8H8BrF2N. The number of nitrogens with two attached hydrogens (primary N) is 1. The van der Waals surface area contributed by atoms with E-state index in [0.717, 1.165) is 0 Å². The molecule has 66 valence electrons. The van der Waals surface area contributed by atoms with Gasteiger partial charge in [-0.3, -0.25) is 0 Å². The van der Waals surface area contributed by atoms with E-state index in [1.165, 1.54) is 12.1 Å². The predicted octanol–water partition coefficient (Wildman–Crippen LogP) is 2.56. The van der Waals surface area contributed by atoms with Crippen LogP contribution < -0.4 is 5.73 Å². The molecule has 1 unspecified atom stereocenters. The standard InChI is InChI=1S/C8H8BrF2N/c9-5-2-1-3-6(11)8(5)7(12)4-10/h1-3,7H,4,12H2. The first kappa shape index (κ1) is 9.61. The average molecular weight is 236 g/mol. The van der Waals surface area contributed by atoms with Crippen molar-refractivity contribution in [1.29, 1.82) is 0 Å². The molecule has 1 aromatic rings. The van der Waals surface area contributed by atoms with Gasteiger partial charge in [-0.15, -0.1) is 0 Å². The van der Waals surface area contributed by atoms with E-state index in [0.29, 0.717) is 4.47 Å². The fourth-order valence-corrected chi connectivity index (χ4v) is 1.58. The van der Waals surface area contributed by atoms with Gasteiger partial charge in [0, 0.05) is 10.0 Å². The number of alkyl halides is 1. The van der Waals surface area contributed by atoms with Crippen molar-refractivity contribution in [3.63, 3.8) is 0 Å². The average Bonchev–Trinajstić information content (AvgIpc) is 2.03. The molecule has 0 saturated heterocycles. The minimum atomic E-state index is -0.888. The zero-order valence-electron chi connectivity index (χ0n) is 6.23. The summed E-state index contributed by atoms with van der Waals surface area (Å²) in [5, 5.41) is 0. The summed E-state index contributed by atoms with van der Waals surface area (Å²) in [6.45, 7) is -0.764. The summed E-state index contributed by atoms with van der Waals surface area (Å²) in [7, 11) is 0. The number of hydrogen-bond donors (Lipinski definition) is 1. The van der Waals surface area contributed by atoms with Crippen molar-refractivity contribution in [2.24, 2.45) is 5.73 Å². The van der Waals surface area contributed by atoms with Crippen molar-refractivity contribution in [2.45, 2.75) is 6.04 Å². The normalized spacial score (nSPS) is 13.0. The Morgan fingerprint density at radius 1 is 1.50 bits per heavy atom. The van der Waals surface area contributed by atoms with Crippen LogP contribution in [0.1, 0.15) is 11.6 Å². The summed E-state index contributed by atoms with van der Waals surface area (Å²) >= 11 is 3.10. The largest absolute Gasteiger partial charge is 0.322 e. The highest BCUT2D eigenvalue weighted by Crippen LogP contribution is 2.24. The van der Waals surface area contributed by atoms with E-state index in [-0.39, 0.29) is 5.56 Å². The molecule has 0 spiro atoms. The van der Waals surface area contributed by atoms with Crippen molar-refractivity contribution in [3.05, 3.63) is 34.1 Å². The van der Waals surface area contributed by atoms with Gasteiger partial charge in [0.25, 0.3) is 0 Å². The summed E-state index contributed by atoms with van der Waals surface area (Å²) < 4.78 is 25.6. The van der Waals surface area contributed by atoms with Crippen LogP contribution in [0.4, 0.5) is 8.78 Å². The van der Waals surface area contributed by atoms with E-state index < -0.39 is 18.5 Å². The maximum absolute atomic E-state index is 13.0. The van der Waals surface area contributed by atoms with Crippen molar-refractivity contribution < 1.29 is 8.78 Å². The molecule has 0 radical (unpaired) electrons. The summed E-state index contributed by atoms with van der Waals surface area (Å²) in [4.78, 5) is 0. The molecule has 0 aliphatic rings. The molecule has 1 nitrogen and oxygen atoms in total. The van der Waals surface area contributed by atoms with Gasteiger partial charge in [-0.1, -0.05) is 22.0 Å². The topological polar surface area (TPSA) is 26.0 Å². The summed E-state index contributed by atoms with van der Waals surface area (Å²) in [5.41, 5.74) is 5.55. The second kappa shape index (κ2) is 3.96. The SMILES string of the molecule is NC(CF)c1c(F)cccc1Br. The zero-order valence-corrected chi connectivity index (χ0v) is 7.81. The van der Waals surface area contributed by atoms with E-state index in [1.54, 1.807) is 6.07 Å². The van der Waals surface area contributed by atoms with Crippen molar-refractivity contribution in [3.8, 4) is 0 Å². The van der Waals surface area contributed by atoms with Gasteiger partial charge in [-0.2, -0.15) is 0 Å². The Balaban J connectivity index is 3.12. The Kier molecular flexibility index (Phi) is 3.17. The molecule has 0 fully saturated rings. The van der Waals surface area contributed by atoms with Gasteiger partial charge >= 0.3 is 0 Å². The second-order valence-electron chi connectivity index (χ2n) is 2.40. The lowest BCUT2D eigenvalue weighted by atomic mass is 10.1. The number of hydrogen-bond acceptors (Lipinski definition) is 1. The molecule has 0 aliphatic heterocycles. The molecule has 0 bridgehead atoms. The van der Waals surface area contributed by atoms with Crippen LogP contribution in [0.15, 0.2) is 22.7 Å². The molecule has 4 heteroatoms. The summed E-state index contributed by atoms with van der Waals surface area (Å²) in [6, 6.07) is 3.54.